The highest BCUT2D eigenvalue weighted by Gasteiger charge is 2.04. The molecule has 0 radical (unpaired) electrons. The predicted octanol–water partition coefficient (Wildman–Crippen LogP) is 1.30. The van der Waals surface area contributed by atoms with Crippen LogP contribution in [0.5, 0.6) is 0 Å². The number of hydrogen-bond acceptors (Lipinski definition) is 4. The van der Waals surface area contributed by atoms with Crippen LogP contribution in [0.25, 0.3) is 0 Å². The van der Waals surface area contributed by atoms with Gasteiger partial charge in [-0.15, -0.1) is 0 Å². The highest BCUT2D eigenvalue weighted by Crippen LogP contribution is 1.98. The molecule has 1 atom stereocenters. The quantitative estimate of drug-likeness (QED) is 0.546. The number of nitrogens with one attached hydrogen (secondary N) is 1. The van der Waals surface area contributed by atoms with E-state index in [0.29, 0.717) is 12.5 Å². The summed E-state index contributed by atoms with van der Waals surface area (Å²) in [6.45, 7) is 8.31. The first kappa shape index (κ1) is 15.8. The molecular weight excluding hydrogens is 206 g/mol. The molecule has 0 aromatic heterocycles. The van der Waals surface area contributed by atoms with Crippen LogP contribution in [0.1, 0.15) is 20.3 Å². The van der Waals surface area contributed by atoms with E-state index in [1.54, 1.807) is 14.2 Å². The Labute approximate surface area is 99.6 Å². The topological polar surface area (TPSA) is 39.7 Å². The van der Waals surface area contributed by atoms with Crippen molar-refractivity contribution >= 4 is 0 Å². The van der Waals surface area contributed by atoms with Gasteiger partial charge in [0, 0.05) is 33.9 Å². The zero-order valence-electron chi connectivity index (χ0n) is 11.1. The molecule has 4 nitrogen and oxygen atoms in total. The van der Waals surface area contributed by atoms with Crippen molar-refractivity contribution in [3.05, 3.63) is 0 Å². The van der Waals surface area contributed by atoms with Crippen LogP contribution in [0.4, 0.5) is 0 Å². The third-order valence-electron chi connectivity index (χ3n) is 2.32. The lowest BCUT2D eigenvalue weighted by atomic mass is 10.1. The summed E-state index contributed by atoms with van der Waals surface area (Å²) in [6, 6.07) is 0. The molecule has 0 fully saturated rings. The lowest BCUT2D eigenvalue weighted by Gasteiger charge is -2.15. The number of methoxy groups -OCH3 is 2. The van der Waals surface area contributed by atoms with E-state index in [0.717, 1.165) is 32.7 Å². The zero-order valence-corrected chi connectivity index (χ0v) is 11.1. The highest BCUT2D eigenvalue weighted by atomic mass is 16.5. The maximum Gasteiger partial charge on any atom is 0.0928 e. The lowest BCUT2D eigenvalue weighted by molar-refractivity contribution is 0.0274. The molecule has 0 saturated heterocycles. The molecule has 0 aliphatic heterocycles. The summed E-state index contributed by atoms with van der Waals surface area (Å²) in [4.78, 5) is 0. The van der Waals surface area contributed by atoms with Crippen molar-refractivity contribution in [3.63, 3.8) is 0 Å². The summed E-state index contributed by atoms with van der Waals surface area (Å²) in [5, 5.41) is 3.28. The van der Waals surface area contributed by atoms with E-state index in [1.165, 1.54) is 0 Å². The highest BCUT2D eigenvalue weighted by molar-refractivity contribution is 4.59. The van der Waals surface area contributed by atoms with Gasteiger partial charge in [0.1, 0.15) is 0 Å². The molecule has 0 heterocycles. The van der Waals surface area contributed by atoms with Gasteiger partial charge in [-0.05, 0) is 12.3 Å². The standard InChI is InChI=1S/C12H27NO3/c1-11(2)5-7-16-8-6-13-9-12(15-4)10-14-3/h11-13H,5-10H2,1-4H3. The van der Waals surface area contributed by atoms with Crippen molar-refractivity contribution < 1.29 is 14.2 Å². The maximum absolute atomic E-state index is 5.49. The minimum atomic E-state index is 0.126. The predicted molar refractivity (Wildman–Crippen MR) is 65.8 cm³/mol. The third kappa shape index (κ3) is 10.4. The molecule has 0 spiro atoms. The van der Waals surface area contributed by atoms with Gasteiger partial charge in [-0.2, -0.15) is 0 Å². The molecule has 0 aliphatic rings. The van der Waals surface area contributed by atoms with Crippen molar-refractivity contribution in [3.8, 4) is 0 Å². The van der Waals surface area contributed by atoms with Crippen LogP contribution in [0.3, 0.4) is 0 Å². The maximum atomic E-state index is 5.49. The molecule has 16 heavy (non-hydrogen) atoms. The van der Waals surface area contributed by atoms with Crippen LogP contribution >= 0.6 is 0 Å². The average Bonchev–Trinajstić information content (AvgIpc) is 2.26. The largest absolute Gasteiger partial charge is 0.382 e. The second kappa shape index (κ2) is 11.3. The second-order valence-corrected chi connectivity index (χ2v) is 4.31. The summed E-state index contributed by atoms with van der Waals surface area (Å²) >= 11 is 0. The Morgan fingerprint density at radius 1 is 1.12 bits per heavy atom. The van der Waals surface area contributed by atoms with Crippen LogP contribution in [-0.2, 0) is 14.2 Å². The summed E-state index contributed by atoms with van der Waals surface area (Å²) < 4.78 is 15.7. The van der Waals surface area contributed by atoms with Gasteiger partial charge in [0.15, 0.2) is 0 Å². The van der Waals surface area contributed by atoms with Crippen LogP contribution in [-0.4, -0.2) is 53.2 Å². The fourth-order valence-electron chi connectivity index (χ4n) is 1.22. The van der Waals surface area contributed by atoms with Crippen molar-refractivity contribution in [1.82, 2.24) is 5.32 Å². The lowest BCUT2D eigenvalue weighted by Crippen LogP contribution is -2.33. The Hall–Kier alpha value is -0.160. The van der Waals surface area contributed by atoms with Gasteiger partial charge in [0.25, 0.3) is 0 Å². The van der Waals surface area contributed by atoms with Gasteiger partial charge >= 0.3 is 0 Å². The van der Waals surface area contributed by atoms with Crippen LogP contribution in [0, 0.1) is 5.92 Å². The molecule has 0 bridgehead atoms. The molecule has 1 unspecified atom stereocenters. The van der Waals surface area contributed by atoms with Gasteiger partial charge in [-0.1, -0.05) is 13.8 Å². The molecule has 1 N–H and O–H groups in total. The van der Waals surface area contributed by atoms with Crippen molar-refractivity contribution in [2.24, 2.45) is 5.92 Å². The van der Waals surface area contributed by atoms with Gasteiger partial charge in [0.05, 0.1) is 19.3 Å². The van der Waals surface area contributed by atoms with E-state index >= 15 is 0 Å². The first-order chi connectivity index (χ1) is 7.70. The number of hydrogen-bond donors (Lipinski definition) is 1. The molecule has 98 valence electrons. The average molecular weight is 233 g/mol. The summed E-state index contributed by atoms with van der Waals surface area (Å²) in [5.74, 6) is 0.715. The van der Waals surface area contributed by atoms with Gasteiger partial charge < -0.3 is 19.5 Å². The number of ether oxygens (including phenoxy) is 3. The smallest absolute Gasteiger partial charge is 0.0928 e. The molecule has 0 amide bonds. The van der Waals surface area contributed by atoms with Crippen molar-refractivity contribution in [2.75, 3.05) is 47.1 Å². The van der Waals surface area contributed by atoms with E-state index in [2.05, 4.69) is 19.2 Å². The van der Waals surface area contributed by atoms with Crippen molar-refractivity contribution in [1.29, 1.82) is 0 Å². The Balaban J connectivity index is 3.19. The van der Waals surface area contributed by atoms with E-state index in [1.807, 2.05) is 0 Å². The first-order valence-electron chi connectivity index (χ1n) is 6.00. The fourth-order valence-corrected chi connectivity index (χ4v) is 1.22. The van der Waals surface area contributed by atoms with Crippen LogP contribution in [0.2, 0.25) is 0 Å². The molecule has 0 aliphatic carbocycles. The minimum absolute atomic E-state index is 0.126. The van der Waals surface area contributed by atoms with E-state index in [4.69, 9.17) is 14.2 Å². The summed E-state index contributed by atoms with van der Waals surface area (Å²) in [7, 11) is 3.38. The Morgan fingerprint density at radius 3 is 2.44 bits per heavy atom. The molecule has 0 rings (SSSR count). The second-order valence-electron chi connectivity index (χ2n) is 4.31. The van der Waals surface area contributed by atoms with Crippen LogP contribution in [0.15, 0.2) is 0 Å². The van der Waals surface area contributed by atoms with E-state index in [9.17, 15) is 0 Å². The van der Waals surface area contributed by atoms with Gasteiger partial charge in [-0.3, -0.25) is 0 Å². The summed E-state index contributed by atoms with van der Waals surface area (Å²) in [6.07, 6.45) is 1.25. The SMILES string of the molecule is COCC(CNCCOCCC(C)C)OC. The van der Waals surface area contributed by atoms with E-state index < -0.39 is 0 Å². The Kier molecular flexibility index (Phi) is 11.2. The molecule has 0 saturated carbocycles. The van der Waals surface area contributed by atoms with E-state index in [-0.39, 0.29) is 6.10 Å². The van der Waals surface area contributed by atoms with Crippen LogP contribution < -0.4 is 5.32 Å². The van der Waals surface area contributed by atoms with Crippen molar-refractivity contribution in [2.45, 2.75) is 26.4 Å². The zero-order chi connectivity index (χ0) is 12.2. The molecule has 4 heteroatoms. The van der Waals surface area contributed by atoms with Gasteiger partial charge in [0.2, 0.25) is 0 Å². The first-order valence-corrected chi connectivity index (χ1v) is 6.00. The monoisotopic (exact) mass is 233 g/mol. The third-order valence-corrected chi connectivity index (χ3v) is 2.32. The molecular formula is C12H27NO3. The fraction of sp³-hybridized carbons (Fsp3) is 1.00. The number of rotatable bonds is 11. The Morgan fingerprint density at radius 2 is 1.88 bits per heavy atom. The Bertz CT molecular complexity index is 142. The summed E-state index contributed by atoms with van der Waals surface area (Å²) in [5.41, 5.74) is 0. The molecule has 0 aromatic carbocycles. The molecule has 0 aromatic rings. The minimum Gasteiger partial charge on any atom is -0.382 e. The normalized spacial score (nSPS) is 13.3. The van der Waals surface area contributed by atoms with Gasteiger partial charge in [-0.25, -0.2) is 0 Å².